The van der Waals surface area contributed by atoms with E-state index in [4.69, 9.17) is 0 Å². The van der Waals surface area contributed by atoms with Crippen LogP contribution in [0.15, 0.2) is 0 Å². The molecular formula is C12H24N2O2S. The van der Waals surface area contributed by atoms with E-state index in [1.54, 1.807) is 0 Å². The van der Waals surface area contributed by atoms with Gasteiger partial charge in [0.2, 0.25) is 0 Å². The molecule has 2 rings (SSSR count). The highest BCUT2D eigenvalue weighted by molar-refractivity contribution is 7.91. The first-order valence-electron chi connectivity index (χ1n) is 6.45. The minimum atomic E-state index is -2.77. The summed E-state index contributed by atoms with van der Waals surface area (Å²) in [5.74, 6) is 0.728. The summed E-state index contributed by atoms with van der Waals surface area (Å²) in [4.78, 5) is 2.38. The Kier molecular flexibility index (Phi) is 3.54. The molecule has 2 aliphatic rings. The van der Waals surface area contributed by atoms with Crippen LogP contribution in [-0.2, 0) is 9.84 Å². The second-order valence-corrected chi connectivity index (χ2v) is 8.66. The van der Waals surface area contributed by atoms with Crippen molar-refractivity contribution in [2.45, 2.75) is 39.3 Å². The Balaban J connectivity index is 2.08. The fourth-order valence-electron chi connectivity index (χ4n) is 2.88. The Morgan fingerprint density at radius 3 is 2.65 bits per heavy atom. The molecule has 0 spiro atoms. The van der Waals surface area contributed by atoms with Gasteiger partial charge in [0.1, 0.15) is 0 Å². The van der Waals surface area contributed by atoms with Gasteiger partial charge >= 0.3 is 0 Å². The number of nitrogens with one attached hydrogen (secondary N) is 1. The maximum atomic E-state index is 11.6. The summed E-state index contributed by atoms with van der Waals surface area (Å²) < 4.78 is 23.1. The third-order valence-electron chi connectivity index (χ3n) is 3.79. The molecule has 2 unspecified atom stereocenters. The summed E-state index contributed by atoms with van der Waals surface area (Å²) in [6.45, 7) is 9.62. The highest BCUT2D eigenvalue weighted by Gasteiger charge is 2.36. The molecule has 0 radical (unpaired) electrons. The maximum absolute atomic E-state index is 11.6. The number of hydrogen-bond acceptors (Lipinski definition) is 4. The van der Waals surface area contributed by atoms with Gasteiger partial charge in [-0.15, -0.1) is 0 Å². The van der Waals surface area contributed by atoms with Crippen LogP contribution in [0.2, 0.25) is 0 Å². The largest absolute Gasteiger partial charge is 0.312 e. The van der Waals surface area contributed by atoms with Crippen LogP contribution < -0.4 is 5.32 Å². The highest BCUT2D eigenvalue weighted by atomic mass is 32.2. The van der Waals surface area contributed by atoms with E-state index in [0.29, 0.717) is 17.5 Å². The van der Waals surface area contributed by atoms with Gasteiger partial charge in [0, 0.05) is 31.7 Å². The van der Waals surface area contributed by atoms with Crippen molar-refractivity contribution in [1.29, 1.82) is 0 Å². The molecule has 0 aliphatic carbocycles. The Morgan fingerprint density at radius 1 is 1.35 bits per heavy atom. The van der Waals surface area contributed by atoms with Gasteiger partial charge < -0.3 is 5.32 Å². The molecule has 2 fully saturated rings. The van der Waals surface area contributed by atoms with Gasteiger partial charge in [-0.3, -0.25) is 4.90 Å². The minimum Gasteiger partial charge on any atom is -0.312 e. The molecule has 5 heteroatoms. The first-order chi connectivity index (χ1) is 7.77. The standard InChI is InChI=1S/C12H24N2O2S/c1-10-6-14(9-12(2,3)8-13-10)11-4-5-17(15,16)7-11/h10-11,13H,4-9H2,1-3H3. The van der Waals surface area contributed by atoms with E-state index in [9.17, 15) is 8.42 Å². The van der Waals surface area contributed by atoms with Crippen molar-refractivity contribution in [2.75, 3.05) is 31.1 Å². The molecule has 2 aliphatic heterocycles. The lowest BCUT2D eigenvalue weighted by Gasteiger charge is -2.33. The topological polar surface area (TPSA) is 49.4 Å². The van der Waals surface area contributed by atoms with Crippen LogP contribution in [-0.4, -0.2) is 56.5 Å². The number of hydrogen-bond donors (Lipinski definition) is 1. The van der Waals surface area contributed by atoms with Crippen LogP contribution in [0.5, 0.6) is 0 Å². The van der Waals surface area contributed by atoms with Crippen molar-refractivity contribution in [2.24, 2.45) is 5.41 Å². The van der Waals surface area contributed by atoms with Crippen LogP contribution in [0.4, 0.5) is 0 Å². The van der Waals surface area contributed by atoms with Gasteiger partial charge in [-0.25, -0.2) is 8.42 Å². The molecule has 4 nitrogen and oxygen atoms in total. The van der Waals surface area contributed by atoms with Crippen molar-refractivity contribution in [3.05, 3.63) is 0 Å². The van der Waals surface area contributed by atoms with Crippen molar-refractivity contribution < 1.29 is 8.42 Å². The molecule has 0 aromatic carbocycles. The number of nitrogens with zero attached hydrogens (tertiary/aromatic N) is 1. The molecule has 0 amide bonds. The molecule has 0 aromatic heterocycles. The van der Waals surface area contributed by atoms with Crippen molar-refractivity contribution in [1.82, 2.24) is 10.2 Å². The molecule has 2 saturated heterocycles. The fourth-order valence-corrected chi connectivity index (χ4v) is 4.64. The summed E-state index contributed by atoms with van der Waals surface area (Å²) >= 11 is 0. The molecule has 0 aromatic rings. The first kappa shape index (κ1) is 13.3. The first-order valence-corrected chi connectivity index (χ1v) is 8.27. The highest BCUT2D eigenvalue weighted by Crippen LogP contribution is 2.25. The lowest BCUT2D eigenvalue weighted by atomic mass is 9.92. The molecule has 100 valence electrons. The summed E-state index contributed by atoms with van der Waals surface area (Å²) in [7, 11) is -2.77. The molecule has 17 heavy (non-hydrogen) atoms. The van der Waals surface area contributed by atoms with Crippen molar-refractivity contribution in [3.8, 4) is 0 Å². The van der Waals surface area contributed by atoms with E-state index in [1.165, 1.54) is 0 Å². The third kappa shape index (κ3) is 3.42. The number of sulfone groups is 1. The van der Waals surface area contributed by atoms with Crippen molar-refractivity contribution in [3.63, 3.8) is 0 Å². The second-order valence-electron chi connectivity index (χ2n) is 6.43. The Labute approximate surface area is 105 Å². The Morgan fingerprint density at radius 2 is 2.06 bits per heavy atom. The zero-order valence-corrected chi connectivity index (χ0v) is 11.9. The Hall–Kier alpha value is -0.130. The predicted octanol–water partition coefficient (Wildman–Crippen LogP) is 0.493. The van der Waals surface area contributed by atoms with Crippen LogP contribution in [0.3, 0.4) is 0 Å². The second kappa shape index (κ2) is 4.52. The molecule has 0 bridgehead atoms. The van der Waals surface area contributed by atoms with Crippen LogP contribution in [0, 0.1) is 5.41 Å². The van der Waals surface area contributed by atoms with Gasteiger partial charge in [0.25, 0.3) is 0 Å². The van der Waals surface area contributed by atoms with Gasteiger partial charge in [0.05, 0.1) is 11.5 Å². The Bertz CT molecular complexity index is 378. The summed E-state index contributed by atoms with van der Waals surface area (Å²) in [6, 6.07) is 0.682. The quantitative estimate of drug-likeness (QED) is 0.745. The van der Waals surface area contributed by atoms with E-state index >= 15 is 0 Å². The average Bonchev–Trinajstić information content (AvgIpc) is 2.48. The fraction of sp³-hybridized carbons (Fsp3) is 1.00. The van der Waals surface area contributed by atoms with Crippen LogP contribution >= 0.6 is 0 Å². The summed E-state index contributed by atoms with van der Waals surface area (Å²) in [5, 5.41) is 3.52. The molecular weight excluding hydrogens is 236 g/mol. The predicted molar refractivity (Wildman–Crippen MR) is 69.9 cm³/mol. The molecule has 2 atom stereocenters. The van der Waals surface area contributed by atoms with E-state index in [0.717, 1.165) is 26.1 Å². The molecule has 2 heterocycles. The normalized spacial score (nSPS) is 37.8. The van der Waals surface area contributed by atoms with Crippen LogP contribution in [0.1, 0.15) is 27.2 Å². The minimum absolute atomic E-state index is 0.219. The van der Waals surface area contributed by atoms with Gasteiger partial charge in [-0.05, 0) is 18.8 Å². The summed E-state index contributed by atoms with van der Waals surface area (Å²) in [5.41, 5.74) is 0.219. The summed E-state index contributed by atoms with van der Waals surface area (Å²) in [6.07, 6.45) is 0.811. The zero-order valence-electron chi connectivity index (χ0n) is 11.1. The molecule has 0 saturated carbocycles. The lowest BCUT2D eigenvalue weighted by molar-refractivity contribution is 0.159. The average molecular weight is 260 g/mol. The molecule has 1 N–H and O–H groups in total. The number of rotatable bonds is 1. The van der Waals surface area contributed by atoms with Crippen molar-refractivity contribution >= 4 is 9.84 Å². The van der Waals surface area contributed by atoms with E-state index in [2.05, 4.69) is 31.0 Å². The van der Waals surface area contributed by atoms with E-state index in [1.807, 2.05) is 0 Å². The van der Waals surface area contributed by atoms with Gasteiger partial charge in [-0.2, -0.15) is 0 Å². The smallest absolute Gasteiger partial charge is 0.151 e. The zero-order chi connectivity index (χ0) is 12.7. The lowest BCUT2D eigenvalue weighted by Crippen LogP contribution is -2.43. The SMILES string of the molecule is CC1CN(C2CCS(=O)(=O)C2)CC(C)(C)CN1. The van der Waals surface area contributed by atoms with Crippen LogP contribution in [0.25, 0.3) is 0 Å². The maximum Gasteiger partial charge on any atom is 0.151 e. The van der Waals surface area contributed by atoms with Gasteiger partial charge in [-0.1, -0.05) is 13.8 Å². The third-order valence-corrected chi connectivity index (χ3v) is 5.54. The van der Waals surface area contributed by atoms with Gasteiger partial charge in [0.15, 0.2) is 9.84 Å². The monoisotopic (exact) mass is 260 g/mol. The van der Waals surface area contributed by atoms with E-state index in [-0.39, 0.29) is 11.5 Å². The van der Waals surface area contributed by atoms with E-state index < -0.39 is 9.84 Å².